The summed E-state index contributed by atoms with van der Waals surface area (Å²) < 4.78 is 67.1. The van der Waals surface area contributed by atoms with E-state index in [9.17, 15) is 31.5 Å². The highest BCUT2D eigenvalue weighted by atomic mass is 35.5. The number of rotatable bonds is 5. The number of nitrogens with zero attached hydrogens (tertiary/aromatic N) is 2. The van der Waals surface area contributed by atoms with Gasteiger partial charge in [0.15, 0.2) is 0 Å². The summed E-state index contributed by atoms with van der Waals surface area (Å²) in [7, 11) is 0. The lowest BCUT2D eigenvalue weighted by atomic mass is 9.71. The maximum absolute atomic E-state index is 14.1. The second-order valence-corrected chi connectivity index (χ2v) is 12.9. The fourth-order valence-corrected chi connectivity index (χ4v) is 7.14. The van der Waals surface area contributed by atoms with Gasteiger partial charge in [-0.15, -0.1) is 0 Å². The van der Waals surface area contributed by atoms with Crippen LogP contribution in [-0.4, -0.2) is 47.8 Å². The number of benzene rings is 3. The summed E-state index contributed by atoms with van der Waals surface area (Å²) in [4.78, 5) is 30.6. The highest BCUT2D eigenvalue weighted by molar-refractivity contribution is 6.33. The molecule has 1 unspecified atom stereocenters. The Balaban J connectivity index is 1.06. The quantitative estimate of drug-likeness (QED) is 0.291. The second kappa shape index (κ2) is 12.4. The second-order valence-electron chi connectivity index (χ2n) is 12.5. The van der Waals surface area contributed by atoms with E-state index in [2.05, 4.69) is 10.2 Å². The van der Waals surface area contributed by atoms with Gasteiger partial charge in [0.05, 0.1) is 22.2 Å². The molecule has 2 saturated heterocycles. The van der Waals surface area contributed by atoms with Crippen LogP contribution in [0.25, 0.3) is 0 Å². The van der Waals surface area contributed by atoms with Crippen LogP contribution in [-0.2, 0) is 19.1 Å². The van der Waals surface area contributed by atoms with Crippen LogP contribution in [0.4, 0.5) is 22.0 Å². The number of carbonyl (C=O) groups excluding carboxylic acids is 2. The van der Waals surface area contributed by atoms with Crippen LogP contribution in [0.3, 0.4) is 0 Å². The van der Waals surface area contributed by atoms with Gasteiger partial charge in [-0.25, -0.2) is 8.78 Å². The average molecular weight is 646 g/mol. The minimum Gasteiger partial charge on any atom is -0.345 e. The Bertz CT molecular complexity index is 1610. The monoisotopic (exact) mass is 645 g/mol. The standard InChI is InChI=1S/C34H33ClF5N3O2/c35-28-7-5-24(34(38,39)40)18-27(28)31(44)41-30-8-4-21-1-2-22(17-26(21)30)32(45)43-15-11-33(12-16-43)9-13-42(14-10-33)20-23-3-6-25(36)19-29(23)37/h1-3,5-7,17-19,30H,4,8-16,20H2,(H,41,44). The van der Waals surface area contributed by atoms with Crippen LogP contribution in [0.2, 0.25) is 5.02 Å². The first-order valence-electron chi connectivity index (χ1n) is 15.2. The lowest BCUT2D eigenvalue weighted by Crippen LogP contribution is -2.48. The van der Waals surface area contributed by atoms with Crippen molar-refractivity contribution in [1.82, 2.24) is 15.1 Å². The van der Waals surface area contributed by atoms with Gasteiger partial charge in [0, 0.05) is 36.8 Å². The van der Waals surface area contributed by atoms with Gasteiger partial charge in [0.25, 0.3) is 11.8 Å². The normalized spacial score (nSPS) is 19.9. The maximum Gasteiger partial charge on any atom is 0.416 e. The van der Waals surface area contributed by atoms with Crippen LogP contribution in [0.1, 0.15) is 81.1 Å². The molecular weight excluding hydrogens is 613 g/mol. The number of carbonyl (C=O) groups is 2. The highest BCUT2D eigenvalue weighted by Gasteiger charge is 2.39. The summed E-state index contributed by atoms with van der Waals surface area (Å²) in [5.74, 6) is -1.89. The van der Waals surface area contributed by atoms with Crippen molar-refractivity contribution >= 4 is 23.4 Å². The summed E-state index contributed by atoms with van der Waals surface area (Å²) in [5, 5.41) is 2.75. The van der Waals surface area contributed by atoms with Crippen molar-refractivity contribution in [3.63, 3.8) is 0 Å². The van der Waals surface area contributed by atoms with E-state index in [1.807, 2.05) is 11.0 Å². The van der Waals surface area contributed by atoms with E-state index in [1.165, 1.54) is 12.1 Å². The minimum absolute atomic E-state index is 0.0713. The zero-order valence-electron chi connectivity index (χ0n) is 24.5. The summed E-state index contributed by atoms with van der Waals surface area (Å²) >= 11 is 6.08. The molecule has 5 nitrogen and oxygen atoms in total. The molecule has 0 aromatic heterocycles. The predicted molar refractivity (Wildman–Crippen MR) is 160 cm³/mol. The van der Waals surface area contributed by atoms with E-state index in [0.29, 0.717) is 43.6 Å². The van der Waals surface area contributed by atoms with E-state index >= 15 is 0 Å². The van der Waals surface area contributed by atoms with E-state index in [4.69, 9.17) is 11.6 Å². The molecule has 3 aliphatic rings. The van der Waals surface area contributed by atoms with Gasteiger partial charge in [-0.1, -0.05) is 23.7 Å². The average Bonchev–Trinajstić information content (AvgIpc) is 3.41. The van der Waals surface area contributed by atoms with Crippen LogP contribution in [0.5, 0.6) is 0 Å². The first-order valence-corrected chi connectivity index (χ1v) is 15.5. The molecule has 1 aliphatic carbocycles. The largest absolute Gasteiger partial charge is 0.416 e. The van der Waals surface area contributed by atoms with Crippen molar-refractivity contribution in [3.8, 4) is 0 Å². The van der Waals surface area contributed by atoms with Crippen molar-refractivity contribution in [3.05, 3.63) is 105 Å². The molecule has 1 N–H and O–H groups in total. The first kappa shape index (κ1) is 31.5. The van der Waals surface area contributed by atoms with Gasteiger partial charge in [-0.2, -0.15) is 13.2 Å². The Morgan fingerprint density at radius 3 is 2.31 bits per heavy atom. The van der Waals surface area contributed by atoms with Gasteiger partial charge < -0.3 is 10.2 Å². The number of nitrogens with one attached hydrogen (secondary N) is 1. The summed E-state index contributed by atoms with van der Waals surface area (Å²) in [6, 6.07) is 11.4. The molecule has 45 heavy (non-hydrogen) atoms. The highest BCUT2D eigenvalue weighted by Crippen LogP contribution is 2.42. The molecule has 1 atom stereocenters. The maximum atomic E-state index is 14.1. The zero-order valence-corrected chi connectivity index (χ0v) is 25.3. The molecule has 2 fully saturated rings. The number of hydrogen-bond donors (Lipinski definition) is 1. The molecule has 0 radical (unpaired) electrons. The third-order valence-electron chi connectivity index (χ3n) is 9.75. The molecule has 3 aromatic carbocycles. The molecule has 1 spiro atoms. The van der Waals surface area contributed by atoms with Gasteiger partial charge in [0.1, 0.15) is 11.6 Å². The molecule has 2 amide bonds. The third kappa shape index (κ3) is 6.72. The number of hydrogen-bond acceptors (Lipinski definition) is 3. The third-order valence-corrected chi connectivity index (χ3v) is 10.1. The Labute approximate surface area is 263 Å². The summed E-state index contributed by atoms with van der Waals surface area (Å²) in [6.07, 6.45) is 0.278. The van der Waals surface area contributed by atoms with Gasteiger partial charge >= 0.3 is 6.18 Å². The Morgan fingerprint density at radius 1 is 0.911 bits per heavy atom. The Morgan fingerprint density at radius 2 is 1.62 bits per heavy atom. The van der Waals surface area contributed by atoms with Crippen LogP contribution < -0.4 is 5.32 Å². The summed E-state index contributed by atoms with van der Waals surface area (Å²) in [6.45, 7) is 3.32. The van der Waals surface area contributed by atoms with E-state index in [1.54, 1.807) is 12.1 Å². The number of likely N-dealkylation sites (tertiary alicyclic amines) is 2. The van der Waals surface area contributed by atoms with Crippen LogP contribution >= 0.6 is 11.6 Å². The topological polar surface area (TPSA) is 52.7 Å². The number of fused-ring (bicyclic) bond motifs is 1. The van der Waals surface area contributed by atoms with Gasteiger partial charge in [0.2, 0.25) is 0 Å². The first-order chi connectivity index (χ1) is 21.4. The van der Waals surface area contributed by atoms with Crippen molar-refractivity contribution < 1.29 is 31.5 Å². The fraction of sp³-hybridized carbons (Fsp3) is 0.412. The SMILES string of the molecule is O=C(NC1CCc2ccc(C(=O)N3CCC4(CCN(Cc5ccc(F)cc5F)CC4)CC3)cc21)c1cc(C(F)(F)F)ccc1Cl. The number of amides is 2. The lowest BCUT2D eigenvalue weighted by molar-refractivity contribution is -0.137. The van der Waals surface area contributed by atoms with Crippen LogP contribution in [0, 0.1) is 17.0 Å². The van der Waals surface area contributed by atoms with Crippen molar-refractivity contribution in [2.24, 2.45) is 5.41 Å². The number of aryl methyl sites for hydroxylation is 1. The van der Waals surface area contributed by atoms with E-state index in [0.717, 1.165) is 74.2 Å². The molecule has 11 heteroatoms. The van der Waals surface area contributed by atoms with E-state index in [-0.39, 0.29) is 21.9 Å². The molecule has 3 aromatic rings. The van der Waals surface area contributed by atoms with Crippen molar-refractivity contribution in [2.45, 2.75) is 57.3 Å². The molecule has 0 saturated carbocycles. The fourth-order valence-electron chi connectivity index (χ4n) is 6.94. The van der Waals surface area contributed by atoms with Gasteiger partial charge in [-0.3, -0.25) is 14.5 Å². The van der Waals surface area contributed by atoms with Gasteiger partial charge in [-0.05, 0) is 105 Å². The number of halogens is 6. The molecule has 2 aliphatic heterocycles. The van der Waals surface area contributed by atoms with E-state index < -0.39 is 35.3 Å². The predicted octanol–water partition coefficient (Wildman–Crippen LogP) is 7.57. The van der Waals surface area contributed by atoms with Crippen molar-refractivity contribution in [1.29, 1.82) is 0 Å². The smallest absolute Gasteiger partial charge is 0.345 e. The number of alkyl halides is 3. The molecule has 238 valence electrons. The molecular formula is C34H33ClF5N3O2. The summed E-state index contributed by atoms with van der Waals surface area (Å²) in [5.41, 5.74) is 1.70. The lowest BCUT2D eigenvalue weighted by Gasteiger charge is -2.47. The Kier molecular flexibility index (Phi) is 8.65. The molecule has 2 heterocycles. The van der Waals surface area contributed by atoms with Crippen molar-refractivity contribution in [2.75, 3.05) is 26.2 Å². The molecule has 6 rings (SSSR count). The Hall–Kier alpha value is -3.50. The zero-order chi connectivity index (χ0) is 31.9. The minimum atomic E-state index is -4.60. The van der Waals surface area contributed by atoms with Crippen LogP contribution in [0.15, 0.2) is 54.6 Å². The molecule has 0 bridgehead atoms. The number of piperidine rings is 2.